The predicted octanol–water partition coefficient (Wildman–Crippen LogP) is 2.41. The van der Waals surface area contributed by atoms with Gasteiger partial charge in [-0.05, 0) is 36.8 Å². The normalized spacial score (nSPS) is 10.1. The third-order valence-electron chi connectivity index (χ3n) is 2.66. The van der Waals surface area contributed by atoms with E-state index >= 15 is 0 Å². The molecule has 0 aliphatic carbocycles. The Morgan fingerprint density at radius 1 is 1.11 bits per heavy atom. The Labute approximate surface area is 106 Å². The number of hydrogen-bond donors (Lipinski definition) is 3. The third kappa shape index (κ3) is 2.43. The Morgan fingerprint density at radius 2 is 1.78 bits per heavy atom. The number of carbonyl (C=O) groups excluding carboxylic acids is 1. The van der Waals surface area contributed by atoms with Crippen LogP contribution in [0.2, 0.25) is 0 Å². The first kappa shape index (κ1) is 12.0. The van der Waals surface area contributed by atoms with Crippen LogP contribution in [0, 0.1) is 6.92 Å². The van der Waals surface area contributed by atoms with Gasteiger partial charge < -0.3 is 16.8 Å². The molecular weight excluding hydrogens is 226 g/mol. The second-order valence-corrected chi connectivity index (χ2v) is 4.12. The summed E-state index contributed by atoms with van der Waals surface area (Å²) in [5.41, 5.74) is 14.6. The zero-order chi connectivity index (χ0) is 13.1. The minimum atomic E-state index is -0.185. The van der Waals surface area contributed by atoms with Crippen molar-refractivity contribution in [2.75, 3.05) is 16.8 Å². The standard InChI is InChI=1S/C14H15N3O/c1-9-7-11(15)8-12(16)13(9)17-14(18)10-5-3-2-4-6-10/h2-8H,15-16H2,1H3,(H,17,18). The average Bonchev–Trinajstić information content (AvgIpc) is 2.34. The highest BCUT2D eigenvalue weighted by atomic mass is 16.1. The van der Waals surface area contributed by atoms with Gasteiger partial charge >= 0.3 is 0 Å². The van der Waals surface area contributed by atoms with Crippen molar-refractivity contribution in [3.05, 3.63) is 53.6 Å². The van der Waals surface area contributed by atoms with Gasteiger partial charge in [0.1, 0.15) is 0 Å². The van der Waals surface area contributed by atoms with Gasteiger partial charge in [-0.25, -0.2) is 0 Å². The molecule has 2 aromatic carbocycles. The van der Waals surface area contributed by atoms with Gasteiger partial charge in [0.2, 0.25) is 0 Å². The molecule has 4 heteroatoms. The van der Waals surface area contributed by atoms with Crippen LogP contribution in [0.25, 0.3) is 0 Å². The fourth-order valence-electron chi connectivity index (χ4n) is 1.79. The minimum Gasteiger partial charge on any atom is -0.399 e. The van der Waals surface area contributed by atoms with E-state index in [0.29, 0.717) is 22.6 Å². The Morgan fingerprint density at radius 3 is 2.39 bits per heavy atom. The summed E-state index contributed by atoms with van der Waals surface area (Å²) >= 11 is 0. The molecule has 0 unspecified atom stereocenters. The number of rotatable bonds is 2. The molecule has 0 spiro atoms. The molecule has 18 heavy (non-hydrogen) atoms. The van der Waals surface area contributed by atoms with Gasteiger partial charge in [0.15, 0.2) is 0 Å². The number of nitrogens with one attached hydrogen (secondary N) is 1. The summed E-state index contributed by atoms with van der Waals surface area (Å²) in [6.07, 6.45) is 0. The van der Waals surface area contributed by atoms with E-state index in [1.807, 2.05) is 25.1 Å². The highest BCUT2D eigenvalue weighted by molar-refractivity contribution is 6.06. The lowest BCUT2D eigenvalue weighted by Crippen LogP contribution is -2.14. The molecule has 0 aromatic heterocycles. The zero-order valence-electron chi connectivity index (χ0n) is 10.1. The molecule has 0 aliphatic rings. The predicted molar refractivity (Wildman–Crippen MR) is 74.4 cm³/mol. The number of anilines is 3. The summed E-state index contributed by atoms with van der Waals surface area (Å²) in [4.78, 5) is 12.0. The molecule has 0 bridgehead atoms. The molecule has 0 heterocycles. The molecule has 0 aliphatic heterocycles. The van der Waals surface area contributed by atoms with Gasteiger partial charge in [-0.1, -0.05) is 18.2 Å². The Hall–Kier alpha value is -2.49. The fourth-order valence-corrected chi connectivity index (χ4v) is 1.79. The topological polar surface area (TPSA) is 81.1 Å². The van der Waals surface area contributed by atoms with Crippen molar-refractivity contribution in [1.82, 2.24) is 0 Å². The molecule has 0 atom stereocenters. The van der Waals surface area contributed by atoms with E-state index < -0.39 is 0 Å². The summed E-state index contributed by atoms with van der Waals surface area (Å²) in [6.45, 7) is 1.85. The fraction of sp³-hybridized carbons (Fsp3) is 0.0714. The second kappa shape index (κ2) is 4.79. The van der Waals surface area contributed by atoms with E-state index in [1.165, 1.54) is 0 Å². The van der Waals surface area contributed by atoms with Gasteiger partial charge in [-0.2, -0.15) is 0 Å². The highest BCUT2D eigenvalue weighted by Gasteiger charge is 2.10. The number of aryl methyl sites for hydroxylation is 1. The SMILES string of the molecule is Cc1cc(N)cc(N)c1NC(=O)c1ccccc1. The molecule has 2 rings (SSSR count). The van der Waals surface area contributed by atoms with Crippen molar-refractivity contribution in [2.45, 2.75) is 6.92 Å². The van der Waals surface area contributed by atoms with Crippen molar-refractivity contribution in [1.29, 1.82) is 0 Å². The van der Waals surface area contributed by atoms with E-state index in [1.54, 1.807) is 24.3 Å². The molecular formula is C14H15N3O. The van der Waals surface area contributed by atoms with Gasteiger partial charge in [0, 0.05) is 11.3 Å². The average molecular weight is 241 g/mol. The van der Waals surface area contributed by atoms with Crippen molar-refractivity contribution in [3.8, 4) is 0 Å². The van der Waals surface area contributed by atoms with E-state index in [-0.39, 0.29) is 5.91 Å². The second-order valence-electron chi connectivity index (χ2n) is 4.12. The summed E-state index contributed by atoms with van der Waals surface area (Å²) < 4.78 is 0. The minimum absolute atomic E-state index is 0.185. The first-order chi connectivity index (χ1) is 8.58. The number of carbonyl (C=O) groups is 1. The van der Waals surface area contributed by atoms with E-state index in [0.717, 1.165) is 5.56 Å². The third-order valence-corrected chi connectivity index (χ3v) is 2.66. The van der Waals surface area contributed by atoms with E-state index in [2.05, 4.69) is 5.32 Å². The van der Waals surface area contributed by atoms with Gasteiger partial charge in [0.05, 0.1) is 11.4 Å². The molecule has 0 saturated carbocycles. The Kier molecular flexibility index (Phi) is 3.19. The first-order valence-electron chi connectivity index (χ1n) is 5.60. The van der Waals surface area contributed by atoms with Crippen molar-refractivity contribution >= 4 is 23.0 Å². The largest absolute Gasteiger partial charge is 0.399 e. The highest BCUT2D eigenvalue weighted by Crippen LogP contribution is 2.26. The lowest BCUT2D eigenvalue weighted by atomic mass is 10.1. The van der Waals surface area contributed by atoms with Crippen LogP contribution >= 0.6 is 0 Å². The van der Waals surface area contributed by atoms with Crippen LogP contribution in [-0.2, 0) is 0 Å². The smallest absolute Gasteiger partial charge is 0.255 e. The summed E-state index contributed by atoms with van der Waals surface area (Å²) in [5, 5.41) is 2.80. The Bertz CT molecular complexity index is 556. The number of nitrogen functional groups attached to an aromatic ring is 2. The molecule has 5 N–H and O–H groups in total. The maximum absolute atomic E-state index is 12.0. The number of nitrogens with two attached hydrogens (primary N) is 2. The summed E-state index contributed by atoms with van der Waals surface area (Å²) in [6, 6.07) is 12.4. The molecule has 0 fully saturated rings. The van der Waals surface area contributed by atoms with Crippen LogP contribution < -0.4 is 16.8 Å². The van der Waals surface area contributed by atoms with Crippen LogP contribution in [0.3, 0.4) is 0 Å². The Balaban J connectivity index is 2.28. The summed E-state index contributed by atoms with van der Waals surface area (Å²) in [5.74, 6) is -0.185. The molecule has 0 radical (unpaired) electrons. The maximum Gasteiger partial charge on any atom is 0.255 e. The molecule has 0 saturated heterocycles. The van der Waals surface area contributed by atoms with Crippen LogP contribution in [0.15, 0.2) is 42.5 Å². The lowest BCUT2D eigenvalue weighted by Gasteiger charge is -2.12. The number of benzene rings is 2. The lowest BCUT2D eigenvalue weighted by molar-refractivity contribution is 0.102. The van der Waals surface area contributed by atoms with Gasteiger partial charge in [-0.15, -0.1) is 0 Å². The number of amides is 1. The van der Waals surface area contributed by atoms with Crippen molar-refractivity contribution in [2.24, 2.45) is 0 Å². The van der Waals surface area contributed by atoms with E-state index in [9.17, 15) is 4.79 Å². The maximum atomic E-state index is 12.0. The quantitative estimate of drug-likeness (QED) is 0.706. The molecule has 4 nitrogen and oxygen atoms in total. The van der Waals surface area contributed by atoms with Gasteiger partial charge in [-0.3, -0.25) is 4.79 Å². The zero-order valence-corrected chi connectivity index (χ0v) is 10.1. The van der Waals surface area contributed by atoms with Crippen molar-refractivity contribution < 1.29 is 4.79 Å². The van der Waals surface area contributed by atoms with Crippen LogP contribution in [0.4, 0.5) is 17.1 Å². The van der Waals surface area contributed by atoms with Crippen LogP contribution in [0.1, 0.15) is 15.9 Å². The van der Waals surface area contributed by atoms with Gasteiger partial charge in [0.25, 0.3) is 5.91 Å². The molecule has 1 amide bonds. The van der Waals surface area contributed by atoms with E-state index in [4.69, 9.17) is 11.5 Å². The monoisotopic (exact) mass is 241 g/mol. The molecule has 2 aromatic rings. The summed E-state index contributed by atoms with van der Waals surface area (Å²) in [7, 11) is 0. The molecule has 92 valence electrons. The van der Waals surface area contributed by atoms with Crippen LogP contribution in [0.5, 0.6) is 0 Å². The van der Waals surface area contributed by atoms with Crippen molar-refractivity contribution in [3.63, 3.8) is 0 Å². The number of hydrogen-bond acceptors (Lipinski definition) is 3. The first-order valence-corrected chi connectivity index (χ1v) is 5.60. The van der Waals surface area contributed by atoms with Crippen LogP contribution in [-0.4, -0.2) is 5.91 Å².